The molecule has 2 aliphatic heterocycles. The lowest BCUT2D eigenvalue weighted by molar-refractivity contribution is 0.243. The largest absolute Gasteiger partial charge is 0.368 e. The molecule has 1 fully saturated rings. The first-order chi connectivity index (χ1) is 15.7. The monoisotopic (exact) mass is 432 g/mol. The molecule has 0 bridgehead atoms. The Hall–Kier alpha value is -2.90. The number of aromatic nitrogens is 3. The van der Waals surface area contributed by atoms with Crippen LogP contribution in [-0.4, -0.2) is 57.5 Å². The Morgan fingerprint density at radius 3 is 2.56 bits per heavy atom. The van der Waals surface area contributed by atoms with Gasteiger partial charge in [-0.05, 0) is 55.8 Å². The van der Waals surface area contributed by atoms with Crippen molar-refractivity contribution in [2.75, 3.05) is 38.0 Å². The second-order valence-corrected chi connectivity index (χ2v) is 8.60. The van der Waals surface area contributed by atoms with Crippen LogP contribution in [-0.2, 0) is 19.5 Å². The van der Waals surface area contributed by atoms with Crippen LogP contribution in [0.2, 0.25) is 0 Å². The summed E-state index contributed by atoms with van der Waals surface area (Å²) in [6.07, 6.45) is 5.24. The second kappa shape index (κ2) is 9.71. The number of pyridine rings is 1. The molecule has 6 nitrogen and oxygen atoms in total. The van der Waals surface area contributed by atoms with Gasteiger partial charge in [0.2, 0.25) is 0 Å². The third-order valence-corrected chi connectivity index (χ3v) is 6.27. The number of hydrogen-bond donors (Lipinski definition) is 1. The fourth-order valence-corrected chi connectivity index (χ4v) is 4.55. The van der Waals surface area contributed by atoms with E-state index in [0.717, 1.165) is 61.9 Å². The van der Waals surface area contributed by atoms with Crippen LogP contribution < -0.4 is 5.32 Å². The molecule has 0 radical (unpaired) electrons. The standard InChI is InChI=1S/C25H29FN6/c26-20-8-6-19(7-9-20)17-32-15-10-22-21(18-32)24(28-12-16-31-13-3-4-14-31)30-25(29-22)23-5-1-2-11-27-23/h1-2,5-9,11H,3-4,10,12-18H2,(H,28,29,30). The average molecular weight is 433 g/mol. The van der Waals surface area contributed by atoms with Crippen LogP contribution in [0.15, 0.2) is 48.7 Å². The van der Waals surface area contributed by atoms with E-state index in [1.54, 1.807) is 6.20 Å². The Bertz CT molecular complexity index is 1030. The van der Waals surface area contributed by atoms with Gasteiger partial charge in [0.15, 0.2) is 5.82 Å². The van der Waals surface area contributed by atoms with Crippen molar-refractivity contribution in [1.82, 2.24) is 24.8 Å². The number of hydrogen-bond acceptors (Lipinski definition) is 6. The van der Waals surface area contributed by atoms with Crippen molar-refractivity contribution in [2.24, 2.45) is 0 Å². The molecule has 0 atom stereocenters. The van der Waals surface area contributed by atoms with E-state index in [0.29, 0.717) is 5.82 Å². The number of rotatable bonds is 7. The third kappa shape index (κ3) is 4.95. The minimum Gasteiger partial charge on any atom is -0.368 e. The van der Waals surface area contributed by atoms with Crippen molar-refractivity contribution in [3.63, 3.8) is 0 Å². The highest BCUT2D eigenvalue weighted by Crippen LogP contribution is 2.27. The first kappa shape index (κ1) is 21.0. The van der Waals surface area contributed by atoms with Gasteiger partial charge < -0.3 is 10.2 Å². The Balaban J connectivity index is 1.37. The van der Waals surface area contributed by atoms with Crippen LogP contribution in [0.1, 0.15) is 29.7 Å². The summed E-state index contributed by atoms with van der Waals surface area (Å²) >= 11 is 0. The van der Waals surface area contributed by atoms with Crippen molar-refractivity contribution in [2.45, 2.75) is 32.4 Å². The van der Waals surface area contributed by atoms with Gasteiger partial charge in [-0.25, -0.2) is 14.4 Å². The van der Waals surface area contributed by atoms with Crippen LogP contribution in [0.3, 0.4) is 0 Å². The third-order valence-electron chi connectivity index (χ3n) is 6.27. The van der Waals surface area contributed by atoms with Gasteiger partial charge in [0.1, 0.15) is 17.3 Å². The number of halogens is 1. The fraction of sp³-hybridized carbons (Fsp3) is 0.400. The highest BCUT2D eigenvalue weighted by molar-refractivity contribution is 5.57. The van der Waals surface area contributed by atoms with Crippen molar-refractivity contribution < 1.29 is 4.39 Å². The van der Waals surface area contributed by atoms with Crippen molar-refractivity contribution >= 4 is 5.82 Å². The molecule has 32 heavy (non-hydrogen) atoms. The maximum atomic E-state index is 13.3. The zero-order valence-electron chi connectivity index (χ0n) is 18.3. The lowest BCUT2D eigenvalue weighted by atomic mass is 10.0. The molecular formula is C25H29FN6. The summed E-state index contributed by atoms with van der Waals surface area (Å²) in [5.74, 6) is 1.40. The summed E-state index contributed by atoms with van der Waals surface area (Å²) in [5.41, 5.74) is 4.18. The molecule has 0 unspecified atom stereocenters. The molecule has 1 saturated heterocycles. The Kier molecular flexibility index (Phi) is 6.36. The molecule has 7 heteroatoms. The molecule has 4 heterocycles. The van der Waals surface area contributed by atoms with Crippen LogP contribution in [0.25, 0.3) is 11.5 Å². The van der Waals surface area contributed by atoms with Gasteiger partial charge in [0, 0.05) is 50.9 Å². The number of likely N-dealkylation sites (tertiary alicyclic amines) is 1. The van der Waals surface area contributed by atoms with E-state index < -0.39 is 0 Å². The maximum absolute atomic E-state index is 13.3. The quantitative estimate of drug-likeness (QED) is 0.614. The Morgan fingerprint density at radius 2 is 1.78 bits per heavy atom. The van der Waals surface area contributed by atoms with Gasteiger partial charge in [-0.15, -0.1) is 0 Å². The van der Waals surface area contributed by atoms with Gasteiger partial charge in [-0.2, -0.15) is 0 Å². The number of fused-ring (bicyclic) bond motifs is 1. The lowest BCUT2D eigenvalue weighted by Crippen LogP contribution is -2.32. The van der Waals surface area contributed by atoms with Gasteiger partial charge in [-0.3, -0.25) is 9.88 Å². The molecule has 1 N–H and O–H groups in total. The molecule has 0 amide bonds. The van der Waals surface area contributed by atoms with E-state index in [9.17, 15) is 4.39 Å². The highest BCUT2D eigenvalue weighted by Gasteiger charge is 2.23. The molecule has 5 rings (SSSR count). The van der Waals surface area contributed by atoms with Crippen molar-refractivity contribution in [1.29, 1.82) is 0 Å². The predicted molar refractivity (Wildman–Crippen MR) is 124 cm³/mol. The van der Waals surface area contributed by atoms with E-state index in [1.165, 1.54) is 43.6 Å². The molecule has 0 spiro atoms. The van der Waals surface area contributed by atoms with E-state index in [2.05, 4.69) is 20.1 Å². The van der Waals surface area contributed by atoms with Crippen LogP contribution in [0, 0.1) is 5.82 Å². The SMILES string of the molecule is Fc1ccc(CN2CCc3nc(-c4ccccn4)nc(NCCN4CCCC4)c3C2)cc1. The van der Waals surface area contributed by atoms with Gasteiger partial charge >= 0.3 is 0 Å². The molecule has 3 aromatic rings. The number of nitrogens with one attached hydrogen (secondary N) is 1. The van der Waals surface area contributed by atoms with E-state index in [1.807, 2.05) is 30.3 Å². The molecular weight excluding hydrogens is 403 g/mol. The minimum atomic E-state index is -0.197. The molecule has 2 aliphatic rings. The summed E-state index contributed by atoms with van der Waals surface area (Å²) in [4.78, 5) is 19.1. The van der Waals surface area contributed by atoms with E-state index in [4.69, 9.17) is 9.97 Å². The molecule has 166 valence electrons. The average Bonchev–Trinajstić information content (AvgIpc) is 3.35. The van der Waals surface area contributed by atoms with E-state index >= 15 is 0 Å². The topological polar surface area (TPSA) is 57.2 Å². The zero-order valence-corrected chi connectivity index (χ0v) is 18.3. The summed E-state index contributed by atoms with van der Waals surface area (Å²) < 4.78 is 13.3. The fourth-order valence-electron chi connectivity index (χ4n) is 4.55. The zero-order chi connectivity index (χ0) is 21.8. The number of nitrogens with zero attached hydrogens (tertiary/aromatic N) is 5. The normalized spacial score (nSPS) is 16.8. The number of anilines is 1. The first-order valence-corrected chi connectivity index (χ1v) is 11.5. The second-order valence-electron chi connectivity index (χ2n) is 8.60. The first-order valence-electron chi connectivity index (χ1n) is 11.5. The van der Waals surface area contributed by atoms with Gasteiger partial charge in [-0.1, -0.05) is 18.2 Å². The Morgan fingerprint density at radius 1 is 0.938 bits per heavy atom. The molecule has 0 saturated carbocycles. The summed E-state index contributed by atoms with van der Waals surface area (Å²) in [6.45, 7) is 6.74. The molecule has 2 aromatic heterocycles. The van der Waals surface area contributed by atoms with Crippen molar-refractivity contribution in [3.8, 4) is 11.5 Å². The smallest absolute Gasteiger partial charge is 0.180 e. The summed E-state index contributed by atoms with van der Waals surface area (Å²) in [7, 11) is 0. The number of benzene rings is 1. The summed E-state index contributed by atoms with van der Waals surface area (Å²) in [5, 5.41) is 3.60. The van der Waals surface area contributed by atoms with Gasteiger partial charge in [0.25, 0.3) is 0 Å². The maximum Gasteiger partial charge on any atom is 0.180 e. The molecule has 0 aliphatic carbocycles. The van der Waals surface area contributed by atoms with Crippen LogP contribution >= 0.6 is 0 Å². The van der Waals surface area contributed by atoms with Crippen LogP contribution in [0.4, 0.5) is 10.2 Å². The summed E-state index contributed by atoms with van der Waals surface area (Å²) in [6, 6.07) is 12.6. The minimum absolute atomic E-state index is 0.197. The Labute approximate surface area is 188 Å². The van der Waals surface area contributed by atoms with Crippen LogP contribution in [0.5, 0.6) is 0 Å². The lowest BCUT2D eigenvalue weighted by Gasteiger charge is -2.30. The highest BCUT2D eigenvalue weighted by atomic mass is 19.1. The predicted octanol–water partition coefficient (Wildman–Crippen LogP) is 3.74. The van der Waals surface area contributed by atoms with Gasteiger partial charge in [0.05, 0.1) is 5.69 Å². The van der Waals surface area contributed by atoms with E-state index in [-0.39, 0.29) is 5.82 Å². The molecule has 1 aromatic carbocycles. The van der Waals surface area contributed by atoms with Crippen molar-refractivity contribution in [3.05, 3.63) is 71.3 Å².